The zero-order valence-electron chi connectivity index (χ0n) is 12.2. The number of anilines is 1. The standard InChI is InChI=1S/C16H11Br2N3O2S/c17-11-4-1-3-10(7-11)15-20-21-16(23-15)24-9-14(22)19-13-6-2-5-12(18)8-13/h1-8H,9H2,(H,19,22). The lowest BCUT2D eigenvalue weighted by Crippen LogP contribution is -2.13. The Morgan fingerprint density at radius 2 is 1.83 bits per heavy atom. The predicted molar refractivity (Wildman–Crippen MR) is 101 cm³/mol. The summed E-state index contributed by atoms with van der Waals surface area (Å²) in [5.74, 6) is 0.471. The summed E-state index contributed by atoms with van der Waals surface area (Å²) >= 11 is 7.96. The minimum Gasteiger partial charge on any atom is -0.411 e. The Bertz CT molecular complexity index is 870. The van der Waals surface area contributed by atoms with Gasteiger partial charge >= 0.3 is 0 Å². The first kappa shape index (κ1) is 17.2. The molecule has 1 N–H and O–H groups in total. The maximum absolute atomic E-state index is 12.0. The molecule has 122 valence electrons. The van der Waals surface area contributed by atoms with E-state index < -0.39 is 0 Å². The molecule has 0 radical (unpaired) electrons. The molecule has 0 aliphatic heterocycles. The molecule has 24 heavy (non-hydrogen) atoms. The Balaban J connectivity index is 1.58. The Kier molecular flexibility index (Phi) is 5.70. The van der Waals surface area contributed by atoms with Gasteiger partial charge in [0.2, 0.25) is 11.8 Å². The molecule has 0 aliphatic rings. The van der Waals surface area contributed by atoms with Gasteiger partial charge in [-0.1, -0.05) is 55.8 Å². The van der Waals surface area contributed by atoms with E-state index in [1.165, 1.54) is 11.8 Å². The van der Waals surface area contributed by atoms with E-state index in [9.17, 15) is 4.79 Å². The van der Waals surface area contributed by atoms with Crippen molar-refractivity contribution in [1.29, 1.82) is 0 Å². The number of benzene rings is 2. The highest BCUT2D eigenvalue weighted by Crippen LogP contribution is 2.25. The molecule has 1 aromatic heterocycles. The van der Waals surface area contributed by atoms with Gasteiger partial charge in [-0.15, -0.1) is 10.2 Å². The Hall–Kier alpha value is -1.64. The topological polar surface area (TPSA) is 68.0 Å². The molecule has 0 fully saturated rings. The predicted octanol–water partition coefficient (Wildman–Crippen LogP) is 4.99. The van der Waals surface area contributed by atoms with Crippen molar-refractivity contribution in [3.8, 4) is 11.5 Å². The number of halogens is 2. The molecule has 3 rings (SSSR count). The van der Waals surface area contributed by atoms with Crippen molar-refractivity contribution < 1.29 is 9.21 Å². The van der Waals surface area contributed by atoms with Gasteiger partial charge in [0.05, 0.1) is 5.75 Å². The molecule has 3 aromatic rings. The Labute approximate surface area is 159 Å². The van der Waals surface area contributed by atoms with Gasteiger partial charge in [0.25, 0.3) is 5.22 Å². The van der Waals surface area contributed by atoms with Crippen molar-refractivity contribution in [2.75, 3.05) is 11.1 Å². The minimum absolute atomic E-state index is 0.139. The Morgan fingerprint density at radius 1 is 1.08 bits per heavy atom. The molecule has 0 aliphatic carbocycles. The number of rotatable bonds is 5. The van der Waals surface area contributed by atoms with Crippen LogP contribution < -0.4 is 5.32 Å². The van der Waals surface area contributed by atoms with E-state index in [1.54, 1.807) is 0 Å². The zero-order valence-corrected chi connectivity index (χ0v) is 16.2. The normalized spacial score (nSPS) is 10.6. The van der Waals surface area contributed by atoms with E-state index in [0.29, 0.717) is 11.1 Å². The number of hydrogen-bond donors (Lipinski definition) is 1. The van der Waals surface area contributed by atoms with Crippen LogP contribution in [0.2, 0.25) is 0 Å². The van der Waals surface area contributed by atoms with Crippen LogP contribution in [0.1, 0.15) is 0 Å². The SMILES string of the molecule is O=C(CSc1nnc(-c2cccc(Br)c2)o1)Nc1cccc(Br)c1. The molecule has 0 spiro atoms. The fourth-order valence-electron chi connectivity index (χ4n) is 1.90. The van der Waals surface area contributed by atoms with Crippen molar-refractivity contribution in [2.24, 2.45) is 0 Å². The third kappa shape index (κ3) is 4.68. The third-order valence-electron chi connectivity index (χ3n) is 2.91. The van der Waals surface area contributed by atoms with E-state index >= 15 is 0 Å². The highest BCUT2D eigenvalue weighted by molar-refractivity contribution is 9.10. The van der Waals surface area contributed by atoms with E-state index in [-0.39, 0.29) is 11.7 Å². The summed E-state index contributed by atoms with van der Waals surface area (Å²) < 4.78 is 7.41. The van der Waals surface area contributed by atoms with Crippen LogP contribution in [0.5, 0.6) is 0 Å². The quantitative estimate of drug-likeness (QED) is 0.534. The van der Waals surface area contributed by atoms with Crippen molar-refractivity contribution >= 4 is 55.2 Å². The number of carbonyl (C=O) groups excluding carboxylic acids is 1. The smallest absolute Gasteiger partial charge is 0.277 e. The molecule has 0 atom stereocenters. The van der Waals surface area contributed by atoms with Crippen LogP contribution in [0, 0.1) is 0 Å². The first-order chi connectivity index (χ1) is 11.6. The van der Waals surface area contributed by atoms with Crippen molar-refractivity contribution in [1.82, 2.24) is 10.2 Å². The van der Waals surface area contributed by atoms with E-state index in [2.05, 4.69) is 47.4 Å². The van der Waals surface area contributed by atoms with Crippen LogP contribution in [0.4, 0.5) is 5.69 Å². The first-order valence-electron chi connectivity index (χ1n) is 6.88. The highest BCUT2D eigenvalue weighted by atomic mass is 79.9. The molecule has 0 unspecified atom stereocenters. The molecule has 0 saturated carbocycles. The van der Waals surface area contributed by atoms with Gasteiger partial charge < -0.3 is 9.73 Å². The molecule has 2 aromatic carbocycles. The largest absolute Gasteiger partial charge is 0.411 e. The summed E-state index contributed by atoms with van der Waals surface area (Å²) in [6.07, 6.45) is 0. The lowest BCUT2D eigenvalue weighted by Gasteiger charge is -2.04. The van der Waals surface area contributed by atoms with Crippen LogP contribution in [-0.2, 0) is 4.79 Å². The molecule has 0 saturated heterocycles. The van der Waals surface area contributed by atoms with Crippen LogP contribution >= 0.6 is 43.6 Å². The molecular weight excluding hydrogens is 458 g/mol. The number of nitrogens with zero attached hydrogens (tertiary/aromatic N) is 2. The van der Waals surface area contributed by atoms with Crippen LogP contribution in [-0.4, -0.2) is 21.9 Å². The summed E-state index contributed by atoms with van der Waals surface area (Å²) in [4.78, 5) is 12.0. The van der Waals surface area contributed by atoms with Gasteiger partial charge in [0.15, 0.2) is 0 Å². The van der Waals surface area contributed by atoms with Crippen LogP contribution in [0.3, 0.4) is 0 Å². The van der Waals surface area contributed by atoms with Gasteiger partial charge in [0, 0.05) is 20.2 Å². The van der Waals surface area contributed by atoms with Gasteiger partial charge in [-0.2, -0.15) is 0 Å². The average Bonchev–Trinajstić information content (AvgIpc) is 3.02. The first-order valence-corrected chi connectivity index (χ1v) is 9.45. The summed E-state index contributed by atoms with van der Waals surface area (Å²) in [5.41, 5.74) is 1.55. The van der Waals surface area contributed by atoms with E-state index in [0.717, 1.165) is 20.2 Å². The van der Waals surface area contributed by atoms with Crippen molar-refractivity contribution in [3.63, 3.8) is 0 Å². The van der Waals surface area contributed by atoms with Gasteiger partial charge in [0.1, 0.15) is 0 Å². The third-order valence-corrected chi connectivity index (χ3v) is 4.72. The number of carbonyl (C=O) groups is 1. The second-order valence-electron chi connectivity index (χ2n) is 4.73. The molecule has 1 amide bonds. The van der Waals surface area contributed by atoms with E-state index in [4.69, 9.17) is 4.42 Å². The molecule has 0 bridgehead atoms. The summed E-state index contributed by atoms with van der Waals surface area (Å²) in [6, 6.07) is 15.0. The second-order valence-corrected chi connectivity index (χ2v) is 7.49. The van der Waals surface area contributed by atoms with Crippen molar-refractivity contribution in [2.45, 2.75) is 5.22 Å². The zero-order chi connectivity index (χ0) is 16.9. The summed E-state index contributed by atoms with van der Waals surface area (Å²) in [6.45, 7) is 0. The van der Waals surface area contributed by atoms with Crippen LogP contribution in [0.25, 0.3) is 11.5 Å². The van der Waals surface area contributed by atoms with Crippen molar-refractivity contribution in [3.05, 3.63) is 57.5 Å². The monoisotopic (exact) mass is 467 g/mol. The number of nitrogens with one attached hydrogen (secondary N) is 1. The maximum Gasteiger partial charge on any atom is 0.277 e. The van der Waals surface area contributed by atoms with Gasteiger partial charge in [-0.05, 0) is 36.4 Å². The fourth-order valence-corrected chi connectivity index (χ4v) is 3.26. The summed E-state index contributed by atoms with van der Waals surface area (Å²) in [5, 5.41) is 11.1. The fraction of sp³-hybridized carbons (Fsp3) is 0.0625. The second kappa shape index (κ2) is 7.96. The number of thioether (sulfide) groups is 1. The van der Waals surface area contributed by atoms with Gasteiger partial charge in [-0.3, -0.25) is 4.79 Å². The minimum atomic E-state index is -0.139. The highest BCUT2D eigenvalue weighted by Gasteiger charge is 2.11. The number of amides is 1. The number of hydrogen-bond acceptors (Lipinski definition) is 5. The van der Waals surface area contributed by atoms with E-state index in [1.807, 2.05) is 48.5 Å². The molecule has 8 heteroatoms. The molecule has 1 heterocycles. The molecule has 5 nitrogen and oxygen atoms in total. The average molecular weight is 469 g/mol. The van der Waals surface area contributed by atoms with Crippen LogP contribution in [0.15, 0.2) is 67.1 Å². The Morgan fingerprint density at radius 3 is 2.58 bits per heavy atom. The molecular formula is C16H11Br2N3O2S. The van der Waals surface area contributed by atoms with Gasteiger partial charge in [-0.25, -0.2) is 0 Å². The number of aromatic nitrogens is 2. The lowest BCUT2D eigenvalue weighted by molar-refractivity contribution is -0.113. The lowest BCUT2D eigenvalue weighted by atomic mass is 10.2. The maximum atomic E-state index is 12.0. The summed E-state index contributed by atoms with van der Waals surface area (Å²) in [7, 11) is 0.